The van der Waals surface area contributed by atoms with Crippen LogP contribution >= 0.6 is 0 Å². The number of imidazole rings is 1. The largest absolute Gasteiger partial charge is 0.356 e. The van der Waals surface area contributed by atoms with Crippen molar-refractivity contribution in [1.82, 2.24) is 24.4 Å². The minimum atomic E-state index is 0.0480. The van der Waals surface area contributed by atoms with Gasteiger partial charge in [-0.15, -0.1) is 0 Å². The van der Waals surface area contributed by atoms with Crippen LogP contribution < -0.4 is 10.2 Å². The summed E-state index contributed by atoms with van der Waals surface area (Å²) in [6.45, 7) is 8.98. The molecule has 1 amide bonds. The number of amides is 1. The number of piperidine rings is 1. The maximum Gasteiger partial charge on any atom is 0.225 e. The standard InChI is InChI=1S/C25H35N7O/c1-25(8-9-25)20-16-32(15-14-30-10-2-3-11-30)23(28-20)18-6-12-31(13-7-18)24-19-4-5-21(33)29-22(19)26-17-27-24/h16-18H,2-15H2,1H3,(H,26,27,29,33). The van der Waals surface area contributed by atoms with Gasteiger partial charge in [0, 0.05) is 55.7 Å². The Labute approximate surface area is 195 Å². The molecule has 0 unspecified atom stereocenters. The Morgan fingerprint density at radius 1 is 1.06 bits per heavy atom. The summed E-state index contributed by atoms with van der Waals surface area (Å²) >= 11 is 0. The summed E-state index contributed by atoms with van der Waals surface area (Å²) in [5, 5.41) is 2.91. The number of rotatable bonds is 6. The lowest BCUT2D eigenvalue weighted by Gasteiger charge is -2.34. The minimum absolute atomic E-state index is 0.0480. The van der Waals surface area contributed by atoms with E-state index in [1.807, 2.05) is 0 Å². The zero-order valence-corrected chi connectivity index (χ0v) is 19.7. The molecule has 33 heavy (non-hydrogen) atoms. The van der Waals surface area contributed by atoms with Crippen molar-refractivity contribution in [3.8, 4) is 0 Å². The first-order valence-corrected chi connectivity index (χ1v) is 12.8. The molecule has 4 aliphatic rings. The second kappa shape index (κ2) is 8.38. The van der Waals surface area contributed by atoms with Gasteiger partial charge in [-0.2, -0.15) is 0 Å². The van der Waals surface area contributed by atoms with Gasteiger partial charge in [0.25, 0.3) is 0 Å². The average molecular weight is 450 g/mol. The van der Waals surface area contributed by atoms with Gasteiger partial charge in [0.15, 0.2) is 0 Å². The molecule has 8 heteroatoms. The number of anilines is 2. The van der Waals surface area contributed by atoms with Crippen molar-refractivity contribution >= 4 is 17.5 Å². The topological polar surface area (TPSA) is 79.2 Å². The molecule has 1 N–H and O–H groups in total. The molecule has 2 saturated heterocycles. The summed E-state index contributed by atoms with van der Waals surface area (Å²) < 4.78 is 2.49. The Hall–Kier alpha value is -2.48. The Kier molecular flexibility index (Phi) is 5.35. The van der Waals surface area contributed by atoms with Crippen LogP contribution in [0.1, 0.15) is 74.9 Å². The molecule has 8 nitrogen and oxygen atoms in total. The Morgan fingerprint density at radius 3 is 2.61 bits per heavy atom. The number of fused-ring (bicyclic) bond motifs is 1. The molecular formula is C25H35N7O. The Bertz CT molecular complexity index is 1030. The second-order valence-corrected chi connectivity index (χ2v) is 10.6. The van der Waals surface area contributed by atoms with Crippen LogP contribution in [-0.4, -0.2) is 63.0 Å². The molecule has 2 aromatic rings. The zero-order valence-electron chi connectivity index (χ0n) is 19.7. The van der Waals surface area contributed by atoms with Gasteiger partial charge in [-0.05, 0) is 58.0 Å². The number of nitrogens with one attached hydrogen (secondary N) is 1. The van der Waals surface area contributed by atoms with E-state index in [0.29, 0.717) is 23.6 Å². The van der Waals surface area contributed by atoms with Crippen molar-refractivity contribution in [2.75, 3.05) is 42.9 Å². The van der Waals surface area contributed by atoms with E-state index in [1.165, 1.54) is 50.3 Å². The third-order valence-corrected chi connectivity index (χ3v) is 8.22. The highest BCUT2D eigenvalue weighted by Gasteiger charge is 2.42. The maximum atomic E-state index is 11.8. The van der Waals surface area contributed by atoms with E-state index < -0.39 is 0 Å². The van der Waals surface area contributed by atoms with Crippen LogP contribution in [0.2, 0.25) is 0 Å². The fourth-order valence-corrected chi connectivity index (χ4v) is 5.72. The van der Waals surface area contributed by atoms with Crippen LogP contribution in [0.4, 0.5) is 11.6 Å². The molecule has 0 aromatic carbocycles. The molecule has 0 bridgehead atoms. The predicted octanol–water partition coefficient (Wildman–Crippen LogP) is 3.09. The van der Waals surface area contributed by atoms with Crippen molar-refractivity contribution in [2.24, 2.45) is 0 Å². The first-order chi connectivity index (χ1) is 16.1. The van der Waals surface area contributed by atoms with E-state index in [2.05, 4.69) is 42.8 Å². The monoisotopic (exact) mass is 449 g/mol. The molecule has 0 atom stereocenters. The quantitative estimate of drug-likeness (QED) is 0.730. The molecule has 3 fully saturated rings. The molecule has 3 aliphatic heterocycles. The highest BCUT2D eigenvalue weighted by Crippen LogP contribution is 2.47. The summed E-state index contributed by atoms with van der Waals surface area (Å²) in [7, 11) is 0. The van der Waals surface area contributed by atoms with Crippen LogP contribution in [0.3, 0.4) is 0 Å². The summed E-state index contributed by atoms with van der Waals surface area (Å²) in [5.74, 6) is 3.54. The molecule has 2 aromatic heterocycles. The molecule has 1 saturated carbocycles. The minimum Gasteiger partial charge on any atom is -0.356 e. The third-order valence-electron chi connectivity index (χ3n) is 8.22. The van der Waals surface area contributed by atoms with Gasteiger partial charge in [0.05, 0.1) is 5.69 Å². The molecule has 1 aliphatic carbocycles. The maximum absolute atomic E-state index is 11.8. The van der Waals surface area contributed by atoms with Gasteiger partial charge in [-0.1, -0.05) is 6.92 Å². The van der Waals surface area contributed by atoms with Gasteiger partial charge < -0.3 is 19.7 Å². The summed E-state index contributed by atoms with van der Waals surface area (Å²) in [6, 6.07) is 0. The number of aromatic nitrogens is 4. The van der Waals surface area contributed by atoms with Gasteiger partial charge >= 0.3 is 0 Å². The van der Waals surface area contributed by atoms with Gasteiger partial charge in [-0.25, -0.2) is 15.0 Å². The fourth-order valence-electron chi connectivity index (χ4n) is 5.72. The van der Waals surface area contributed by atoms with Crippen LogP contribution in [0.15, 0.2) is 12.5 Å². The molecule has 5 heterocycles. The lowest BCUT2D eigenvalue weighted by Crippen LogP contribution is -2.36. The normalized spacial score (nSPS) is 22.9. The Balaban J connectivity index is 1.18. The first kappa shape index (κ1) is 21.1. The summed E-state index contributed by atoms with van der Waals surface area (Å²) in [6.07, 6.45) is 12.6. The van der Waals surface area contributed by atoms with E-state index in [4.69, 9.17) is 4.98 Å². The van der Waals surface area contributed by atoms with Gasteiger partial charge in [-0.3, -0.25) is 4.79 Å². The summed E-state index contributed by atoms with van der Waals surface area (Å²) in [4.78, 5) is 30.9. The van der Waals surface area contributed by atoms with E-state index in [1.54, 1.807) is 6.33 Å². The zero-order chi connectivity index (χ0) is 22.4. The van der Waals surface area contributed by atoms with E-state index in [9.17, 15) is 4.79 Å². The number of hydrogen-bond donors (Lipinski definition) is 1. The van der Waals surface area contributed by atoms with Crippen LogP contribution in [0.25, 0.3) is 0 Å². The number of carbonyl (C=O) groups is 1. The summed E-state index contributed by atoms with van der Waals surface area (Å²) in [5.41, 5.74) is 2.70. The van der Waals surface area contributed by atoms with Crippen molar-refractivity contribution in [1.29, 1.82) is 0 Å². The fraction of sp³-hybridized carbons (Fsp3) is 0.680. The van der Waals surface area contributed by atoms with E-state index >= 15 is 0 Å². The molecule has 0 radical (unpaired) electrons. The number of hydrogen-bond acceptors (Lipinski definition) is 6. The van der Waals surface area contributed by atoms with Crippen LogP contribution in [0.5, 0.6) is 0 Å². The highest BCUT2D eigenvalue weighted by molar-refractivity contribution is 5.93. The van der Waals surface area contributed by atoms with Crippen molar-refractivity contribution in [3.63, 3.8) is 0 Å². The number of nitrogens with zero attached hydrogens (tertiary/aromatic N) is 6. The van der Waals surface area contributed by atoms with Gasteiger partial charge in [0.2, 0.25) is 5.91 Å². The van der Waals surface area contributed by atoms with Crippen molar-refractivity contribution in [2.45, 2.75) is 76.2 Å². The number of likely N-dealkylation sites (tertiary alicyclic amines) is 1. The SMILES string of the molecule is CC1(c2cn(CCN3CCCC3)c(C3CCN(c4ncnc5c4CCC(=O)N5)CC3)n2)CC1. The lowest BCUT2D eigenvalue weighted by molar-refractivity contribution is -0.116. The van der Waals surface area contributed by atoms with Crippen LogP contribution in [-0.2, 0) is 23.2 Å². The number of carbonyl (C=O) groups excluding carboxylic acids is 1. The molecule has 176 valence electrons. The van der Waals surface area contributed by atoms with Gasteiger partial charge in [0.1, 0.15) is 23.8 Å². The first-order valence-electron chi connectivity index (χ1n) is 12.8. The van der Waals surface area contributed by atoms with Crippen LogP contribution in [0, 0.1) is 0 Å². The Morgan fingerprint density at radius 2 is 1.85 bits per heavy atom. The van der Waals surface area contributed by atoms with E-state index in [-0.39, 0.29) is 5.91 Å². The smallest absolute Gasteiger partial charge is 0.225 e. The third kappa shape index (κ3) is 4.14. The molecule has 0 spiro atoms. The van der Waals surface area contributed by atoms with E-state index in [0.717, 1.165) is 56.8 Å². The van der Waals surface area contributed by atoms with Crippen molar-refractivity contribution < 1.29 is 4.79 Å². The average Bonchev–Trinajstić information content (AvgIpc) is 3.23. The second-order valence-electron chi connectivity index (χ2n) is 10.6. The van der Waals surface area contributed by atoms with Crippen molar-refractivity contribution in [3.05, 3.63) is 29.6 Å². The molecule has 6 rings (SSSR count). The predicted molar refractivity (Wildman–Crippen MR) is 128 cm³/mol. The lowest BCUT2D eigenvalue weighted by atomic mass is 9.95. The highest BCUT2D eigenvalue weighted by atomic mass is 16.1. The molecular weight excluding hydrogens is 414 g/mol.